The van der Waals surface area contributed by atoms with Crippen molar-refractivity contribution in [1.29, 1.82) is 0 Å². The summed E-state index contributed by atoms with van der Waals surface area (Å²) in [6, 6.07) is 17.1. The number of thiazole rings is 1. The average molecular weight is 541 g/mol. The van der Waals surface area contributed by atoms with Gasteiger partial charge in [-0.15, -0.1) is 0 Å². The maximum absolute atomic E-state index is 13.6. The van der Waals surface area contributed by atoms with Crippen LogP contribution in [0.2, 0.25) is 0 Å². The Hall–Kier alpha value is -4.43. The molecule has 0 saturated carbocycles. The molecular formula is C31H28N2O5S. The number of aryl methyl sites for hydroxylation is 2. The summed E-state index contributed by atoms with van der Waals surface area (Å²) in [6.45, 7) is 10.3. The quantitative estimate of drug-likeness (QED) is 0.119. The standard InChI is InChI=1S/C31H28N2O5S/c1-5-14-38-22-12-10-20(11-13-22)27-25(28(34)21-8-7-9-23(17-21)37-6-2)29(35)30(36)33(27)31-32-26-19(4)15-18(3)16-24(26)39-31/h5,7-13,15-17,27,34H,1,6,14H2,2-4H3. The number of carbonyl (C=O) groups excluding carboxylic acids is 2. The summed E-state index contributed by atoms with van der Waals surface area (Å²) in [5.41, 5.74) is 3.84. The van der Waals surface area contributed by atoms with E-state index in [2.05, 4.69) is 6.58 Å². The van der Waals surface area contributed by atoms with Crippen LogP contribution >= 0.6 is 11.3 Å². The predicted octanol–water partition coefficient (Wildman–Crippen LogP) is 6.50. The Labute approximate surface area is 230 Å². The fraction of sp³-hybridized carbons (Fsp3) is 0.194. The molecule has 0 spiro atoms. The molecule has 3 aromatic carbocycles. The van der Waals surface area contributed by atoms with Crippen LogP contribution in [0.1, 0.15) is 35.2 Å². The van der Waals surface area contributed by atoms with Gasteiger partial charge in [0.05, 0.1) is 28.4 Å². The number of rotatable bonds is 8. The van der Waals surface area contributed by atoms with E-state index in [4.69, 9.17) is 14.5 Å². The van der Waals surface area contributed by atoms with Crippen molar-refractivity contribution in [2.24, 2.45) is 0 Å². The van der Waals surface area contributed by atoms with Crippen molar-refractivity contribution in [3.05, 3.63) is 101 Å². The lowest BCUT2D eigenvalue weighted by Crippen LogP contribution is -2.29. The van der Waals surface area contributed by atoms with Gasteiger partial charge in [-0.25, -0.2) is 4.98 Å². The minimum Gasteiger partial charge on any atom is -0.507 e. The fourth-order valence-electron chi connectivity index (χ4n) is 4.76. The number of nitrogens with zero attached hydrogens (tertiary/aromatic N) is 2. The summed E-state index contributed by atoms with van der Waals surface area (Å²) in [6.07, 6.45) is 1.65. The third-order valence-corrected chi connectivity index (χ3v) is 7.45. The molecule has 0 bridgehead atoms. The number of aromatic nitrogens is 1. The van der Waals surface area contributed by atoms with E-state index in [0.717, 1.165) is 21.3 Å². The van der Waals surface area contributed by atoms with Crippen LogP contribution in [0.25, 0.3) is 16.0 Å². The highest BCUT2D eigenvalue weighted by molar-refractivity contribution is 7.22. The molecule has 1 amide bonds. The monoisotopic (exact) mass is 540 g/mol. The van der Waals surface area contributed by atoms with Gasteiger partial charge in [-0.2, -0.15) is 0 Å². The van der Waals surface area contributed by atoms with Crippen molar-refractivity contribution in [1.82, 2.24) is 4.98 Å². The first-order valence-corrected chi connectivity index (χ1v) is 13.4. The molecule has 1 N–H and O–H groups in total. The van der Waals surface area contributed by atoms with Crippen molar-refractivity contribution in [3.63, 3.8) is 0 Å². The van der Waals surface area contributed by atoms with Gasteiger partial charge >= 0.3 is 5.91 Å². The zero-order chi connectivity index (χ0) is 27.7. The van der Waals surface area contributed by atoms with Gasteiger partial charge in [0.1, 0.15) is 23.9 Å². The lowest BCUT2D eigenvalue weighted by atomic mass is 9.95. The van der Waals surface area contributed by atoms with Gasteiger partial charge in [0.2, 0.25) is 0 Å². The maximum Gasteiger partial charge on any atom is 0.301 e. The molecule has 1 aromatic heterocycles. The van der Waals surface area contributed by atoms with Crippen molar-refractivity contribution >= 4 is 44.1 Å². The molecule has 39 heavy (non-hydrogen) atoms. The van der Waals surface area contributed by atoms with Crippen LogP contribution in [0.4, 0.5) is 5.13 Å². The third-order valence-electron chi connectivity index (χ3n) is 6.45. The molecule has 2 heterocycles. The molecule has 7 nitrogen and oxygen atoms in total. The number of carbonyl (C=O) groups is 2. The van der Waals surface area contributed by atoms with Crippen LogP contribution < -0.4 is 14.4 Å². The fourth-order valence-corrected chi connectivity index (χ4v) is 5.93. The molecule has 4 aromatic rings. The molecule has 0 radical (unpaired) electrons. The number of ketones is 1. The molecule has 1 unspecified atom stereocenters. The summed E-state index contributed by atoms with van der Waals surface area (Å²) in [7, 11) is 0. The van der Waals surface area contributed by atoms with Crippen LogP contribution in [0.3, 0.4) is 0 Å². The highest BCUT2D eigenvalue weighted by Gasteiger charge is 2.48. The normalized spacial score (nSPS) is 16.6. The first-order valence-electron chi connectivity index (χ1n) is 12.6. The van der Waals surface area contributed by atoms with Crippen molar-refractivity contribution in [2.75, 3.05) is 18.1 Å². The van der Waals surface area contributed by atoms with Crippen LogP contribution in [-0.4, -0.2) is 35.0 Å². The van der Waals surface area contributed by atoms with E-state index < -0.39 is 17.7 Å². The molecule has 1 saturated heterocycles. The number of hydrogen-bond acceptors (Lipinski definition) is 7. The Bertz CT molecular complexity index is 1620. The number of amides is 1. The minimum atomic E-state index is -0.892. The van der Waals surface area contributed by atoms with Crippen molar-refractivity contribution in [3.8, 4) is 11.5 Å². The number of Topliss-reactive ketones (excluding diaryl/α,β-unsaturated/α-hetero) is 1. The number of aliphatic hydroxyl groups is 1. The Kier molecular flexibility index (Phi) is 7.21. The number of anilines is 1. The third kappa shape index (κ3) is 4.91. The SMILES string of the molecule is C=CCOc1ccc(C2C(=C(O)c3cccc(OCC)c3)C(=O)C(=O)N2c2nc3c(C)cc(C)cc3s2)cc1. The number of aliphatic hydroxyl groups excluding tert-OH is 1. The van der Waals surface area contributed by atoms with E-state index in [0.29, 0.717) is 41.0 Å². The summed E-state index contributed by atoms with van der Waals surface area (Å²) < 4.78 is 12.1. The lowest BCUT2D eigenvalue weighted by molar-refractivity contribution is -0.132. The lowest BCUT2D eigenvalue weighted by Gasteiger charge is -2.23. The molecule has 1 atom stereocenters. The number of fused-ring (bicyclic) bond motifs is 1. The van der Waals surface area contributed by atoms with Gasteiger partial charge in [0.25, 0.3) is 5.78 Å². The van der Waals surface area contributed by atoms with Gasteiger partial charge in [-0.1, -0.05) is 54.3 Å². The van der Waals surface area contributed by atoms with Crippen molar-refractivity contribution < 1.29 is 24.2 Å². The second-order valence-corrected chi connectivity index (χ2v) is 10.2. The van der Waals surface area contributed by atoms with E-state index in [1.54, 1.807) is 54.6 Å². The summed E-state index contributed by atoms with van der Waals surface area (Å²) in [5, 5.41) is 11.8. The van der Waals surface area contributed by atoms with Gasteiger partial charge in [-0.3, -0.25) is 14.5 Å². The Balaban J connectivity index is 1.69. The van der Waals surface area contributed by atoms with E-state index in [1.165, 1.54) is 16.2 Å². The molecule has 1 aliphatic heterocycles. The van der Waals surface area contributed by atoms with E-state index in [-0.39, 0.29) is 11.3 Å². The largest absolute Gasteiger partial charge is 0.507 e. The summed E-state index contributed by atoms with van der Waals surface area (Å²) in [5.74, 6) is -0.636. The number of benzene rings is 3. The van der Waals surface area contributed by atoms with Crippen LogP contribution in [0.5, 0.6) is 11.5 Å². The first kappa shape index (κ1) is 26.2. The summed E-state index contributed by atoms with van der Waals surface area (Å²) in [4.78, 5) is 33.3. The van der Waals surface area contributed by atoms with Crippen LogP contribution in [0.15, 0.2) is 78.9 Å². The highest BCUT2D eigenvalue weighted by Crippen LogP contribution is 2.45. The average Bonchev–Trinajstić information content (AvgIpc) is 3.46. The second kappa shape index (κ2) is 10.7. The Morgan fingerprint density at radius 1 is 1.08 bits per heavy atom. The van der Waals surface area contributed by atoms with Crippen LogP contribution in [-0.2, 0) is 9.59 Å². The molecule has 8 heteroatoms. The van der Waals surface area contributed by atoms with Crippen LogP contribution in [0, 0.1) is 13.8 Å². The Morgan fingerprint density at radius 2 is 1.85 bits per heavy atom. The number of hydrogen-bond donors (Lipinski definition) is 1. The van der Waals surface area contributed by atoms with Gasteiger partial charge < -0.3 is 14.6 Å². The summed E-state index contributed by atoms with van der Waals surface area (Å²) >= 11 is 1.34. The first-order chi connectivity index (χ1) is 18.8. The maximum atomic E-state index is 13.6. The topological polar surface area (TPSA) is 89.0 Å². The highest BCUT2D eigenvalue weighted by atomic mass is 32.1. The van der Waals surface area contributed by atoms with Gasteiger partial charge in [0, 0.05) is 5.56 Å². The Morgan fingerprint density at radius 3 is 2.56 bits per heavy atom. The number of ether oxygens (including phenoxy) is 2. The molecule has 5 rings (SSSR count). The van der Waals surface area contributed by atoms with Crippen molar-refractivity contribution in [2.45, 2.75) is 26.8 Å². The van der Waals surface area contributed by atoms with E-state index in [9.17, 15) is 14.7 Å². The smallest absolute Gasteiger partial charge is 0.301 e. The second-order valence-electron chi connectivity index (χ2n) is 9.22. The molecule has 198 valence electrons. The molecule has 1 fully saturated rings. The zero-order valence-electron chi connectivity index (χ0n) is 21.9. The van der Waals surface area contributed by atoms with E-state index >= 15 is 0 Å². The molecule has 0 aliphatic carbocycles. The molecule has 1 aliphatic rings. The minimum absolute atomic E-state index is 0.0134. The van der Waals surface area contributed by atoms with Gasteiger partial charge in [0.15, 0.2) is 5.13 Å². The zero-order valence-corrected chi connectivity index (χ0v) is 22.7. The molecular weight excluding hydrogens is 512 g/mol. The van der Waals surface area contributed by atoms with E-state index in [1.807, 2.05) is 32.9 Å². The predicted molar refractivity (Wildman–Crippen MR) is 154 cm³/mol. The van der Waals surface area contributed by atoms with Gasteiger partial charge in [-0.05, 0) is 67.8 Å².